The lowest BCUT2D eigenvalue weighted by molar-refractivity contribution is -0.140. The number of hydrogen-bond acceptors (Lipinski definition) is 2. The fraction of sp³-hybridized carbons (Fsp3) is 0.632. The van der Waals surface area contributed by atoms with E-state index < -0.39 is 5.41 Å². The van der Waals surface area contributed by atoms with Gasteiger partial charge in [0.25, 0.3) is 0 Å². The Labute approximate surface area is 136 Å². The van der Waals surface area contributed by atoms with E-state index in [2.05, 4.69) is 4.90 Å². The van der Waals surface area contributed by atoms with Crippen LogP contribution in [0.5, 0.6) is 0 Å². The molecule has 3 nitrogen and oxygen atoms in total. The predicted octanol–water partition coefficient (Wildman–Crippen LogP) is 3.13. The van der Waals surface area contributed by atoms with Crippen LogP contribution in [0.2, 0.25) is 0 Å². The molecule has 1 aromatic rings. The Morgan fingerprint density at radius 2 is 1.87 bits per heavy atom. The second-order valence-corrected chi connectivity index (χ2v) is 7.37. The summed E-state index contributed by atoms with van der Waals surface area (Å²) in [6.07, 6.45) is 5.12. The summed E-state index contributed by atoms with van der Waals surface area (Å²) in [6.45, 7) is 2.93. The van der Waals surface area contributed by atoms with Crippen molar-refractivity contribution < 1.29 is 13.9 Å². The standard InChI is InChI=1S/C19H24FNO2/c20-17-6-2-5-16(11-17)19(7-9-23-10-8-19)18(22)21-12-14-3-1-4-15(14)13-21/h2,5-6,11,14-15H,1,3-4,7-10,12-13H2/t14-,15-/m0/s1. The van der Waals surface area contributed by atoms with Crippen molar-refractivity contribution in [3.05, 3.63) is 35.6 Å². The van der Waals surface area contributed by atoms with Gasteiger partial charge in [0, 0.05) is 26.3 Å². The molecule has 2 heterocycles. The first kappa shape index (κ1) is 15.1. The molecule has 0 N–H and O–H groups in total. The minimum atomic E-state index is -0.598. The quantitative estimate of drug-likeness (QED) is 0.839. The summed E-state index contributed by atoms with van der Waals surface area (Å²) in [5.41, 5.74) is 0.224. The maximum absolute atomic E-state index is 13.8. The van der Waals surface area contributed by atoms with Crippen LogP contribution < -0.4 is 0 Å². The van der Waals surface area contributed by atoms with E-state index in [4.69, 9.17) is 4.74 Å². The van der Waals surface area contributed by atoms with E-state index in [9.17, 15) is 9.18 Å². The van der Waals surface area contributed by atoms with Crippen molar-refractivity contribution in [3.8, 4) is 0 Å². The topological polar surface area (TPSA) is 29.5 Å². The summed E-state index contributed by atoms with van der Waals surface area (Å²) in [5, 5.41) is 0. The number of fused-ring (bicyclic) bond motifs is 1. The minimum Gasteiger partial charge on any atom is -0.381 e. The van der Waals surface area contributed by atoms with Crippen molar-refractivity contribution in [3.63, 3.8) is 0 Å². The molecular formula is C19H24FNO2. The molecule has 0 radical (unpaired) electrons. The molecule has 0 aromatic heterocycles. The molecule has 1 amide bonds. The van der Waals surface area contributed by atoms with Crippen molar-refractivity contribution in [2.45, 2.75) is 37.5 Å². The first-order valence-corrected chi connectivity index (χ1v) is 8.82. The predicted molar refractivity (Wildman–Crippen MR) is 85.5 cm³/mol. The van der Waals surface area contributed by atoms with Crippen LogP contribution in [0.25, 0.3) is 0 Å². The van der Waals surface area contributed by atoms with E-state index >= 15 is 0 Å². The van der Waals surface area contributed by atoms with Crippen LogP contribution in [0.1, 0.15) is 37.7 Å². The molecule has 0 bridgehead atoms. The highest BCUT2D eigenvalue weighted by Crippen LogP contribution is 2.42. The van der Waals surface area contributed by atoms with Crippen molar-refractivity contribution in [1.82, 2.24) is 4.90 Å². The summed E-state index contributed by atoms with van der Waals surface area (Å²) in [7, 11) is 0. The molecule has 0 unspecified atom stereocenters. The van der Waals surface area contributed by atoms with Crippen LogP contribution in [0, 0.1) is 17.7 Å². The smallest absolute Gasteiger partial charge is 0.233 e. The van der Waals surface area contributed by atoms with Gasteiger partial charge in [-0.05, 0) is 55.2 Å². The van der Waals surface area contributed by atoms with Crippen molar-refractivity contribution in [2.24, 2.45) is 11.8 Å². The third-order valence-corrected chi connectivity index (χ3v) is 6.15. The number of carbonyl (C=O) groups excluding carboxylic acids is 1. The number of nitrogens with zero attached hydrogens (tertiary/aromatic N) is 1. The molecule has 1 saturated carbocycles. The highest BCUT2D eigenvalue weighted by Gasteiger charge is 2.48. The molecule has 23 heavy (non-hydrogen) atoms. The van der Waals surface area contributed by atoms with Gasteiger partial charge in [-0.3, -0.25) is 4.79 Å². The Hall–Kier alpha value is -1.42. The fourth-order valence-electron chi connectivity index (χ4n) is 4.84. The average molecular weight is 317 g/mol. The first-order chi connectivity index (χ1) is 11.2. The van der Waals surface area contributed by atoms with Gasteiger partial charge >= 0.3 is 0 Å². The number of benzene rings is 1. The van der Waals surface area contributed by atoms with Gasteiger partial charge in [0.15, 0.2) is 0 Å². The minimum absolute atomic E-state index is 0.195. The van der Waals surface area contributed by atoms with Gasteiger partial charge in [0.05, 0.1) is 5.41 Å². The number of halogens is 1. The maximum atomic E-state index is 13.8. The molecule has 3 fully saturated rings. The van der Waals surface area contributed by atoms with E-state index in [0.29, 0.717) is 37.9 Å². The van der Waals surface area contributed by atoms with Gasteiger partial charge in [-0.25, -0.2) is 4.39 Å². The Morgan fingerprint density at radius 3 is 2.52 bits per heavy atom. The zero-order chi connectivity index (χ0) is 15.9. The van der Waals surface area contributed by atoms with Crippen molar-refractivity contribution in [2.75, 3.05) is 26.3 Å². The van der Waals surface area contributed by atoms with Gasteiger partial charge in [-0.1, -0.05) is 18.6 Å². The third-order valence-electron chi connectivity index (χ3n) is 6.15. The van der Waals surface area contributed by atoms with E-state index in [1.807, 2.05) is 6.07 Å². The molecule has 4 heteroatoms. The Morgan fingerprint density at radius 1 is 1.17 bits per heavy atom. The summed E-state index contributed by atoms with van der Waals surface area (Å²) >= 11 is 0. The highest BCUT2D eigenvalue weighted by atomic mass is 19.1. The van der Waals surface area contributed by atoms with Crippen LogP contribution in [-0.2, 0) is 14.9 Å². The third kappa shape index (κ3) is 2.57. The van der Waals surface area contributed by atoms with Gasteiger partial charge in [0.1, 0.15) is 5.82 Å². The number of carbonyl (C=O) groups is 1. The summed E-state index contributed by atoms with van der Waals surface area (Å²) in [6, 6.07) is 6.61. The van der Waals surface area contributed by atoms with Crippen LogP contribution in [-0.4, -0.2) is 37.1 Å². The average Bonchev–Trinajstić information content (AvgIpc) is 3.16. The lowest BCUT2D eigenvalue weighted by Gasteiger charge is -2.39. The van der Waals surface area contributed by atoms with Gasteiger partial charge in [0.2, 0.25) is 5.91 Å². The number of rotatable bonds is 2. The number of ether oxygens (including phenoxy) is 1. The first-order valence-electron chi connectivity index (χ1n) is 8.82. The van der Waals surface area contributed by atoms with E-state index in [0.717, 1.165) is 18.7 Å². The maximum Gasteiger partial charge on any atom is 0.233 e. The van der Waals surface area contributed by atoms with E-state index in [-0.39, 0.29) is 11.7 Å². The van der Waals surface area contributed by atoms with Crippen molar-refractivity contribution >= 4 is 5.91 Å². The molecular weight excluding hydrogens is 293 g/mol. The number of amides is 1. The molecule has 2 atom stereocenters. The van der Waals surface area contributed by atoms with E-state index in [1.54, 1.807) is 12.1 Å². The molecule has 2 aliphatic heterocycles. The Bertz CT molecular complexity index is 585. The summed E-state index contributed by atoms with van der Waals surface area (Å²) < 4.78 is 19.3. The Balaban J connectivity index is 1.64. The molecule has 1 aliphatic carbocycles. The molecule has 3 aliphatic rings. The summed E-state index contributed by atoms with van der Waals surface area (Å²) in [4.78, 5) is 15.5. The van der Waals surface area contributed by atoms with Gasteiger partial charge in [-0.2, -0.15) is 0 Å². The van der Waals surface area contributed by atoms with Crippen LogP contribution in [0.3, 0.4) is 0 Å². The zero-order valence-corrected chi connectivity index (χ0v) is 13.5. The lowest BCUT2D eigenvalue weighted by atomic mass is 9.73. The lowest BCUT2D eigenvalue weighted by Crippen LogP contribution is -2.49. The molecule has 2 saturated heterocycles. The molecule has 0 spiro atoms. The fourth-order valence-corrected chi connectivity index (χ4v) is 4.84. The number of likely N-dealkylation sites (tertiary alicyclic amines) is 1. The van der Waals surface area contributed by atoms with Crippen LogP contribution in [0.4, 0.5) is 4.39 Å². The SMILES string of the molecule is O=C(N1C[C@@H]2CCC[C@H]2C1)C1(c2cccc(F)c2)CCOCC1. The van der Waals surface area contributed by atoms with Gasteiger partial charge < -0.3 is 9.64 Å². The zero-order valence-electron chi connectivity index (χ0n) is 13.5. The van der Waals surface area contributed by atoms with E-state index in [1.165, 1.54) is 25.3 Å². The largest absolute Gasteiger partial charge is 0.381 e. The second kappa shape index (κ2) is 5.90. The number of hydrogen-bond donors (Lipinski definition) is 0. The van der Waals surface area contributed by atoms with Gasteiger partial charge in [-0.15, -0.1) is 0 Å². The molecule has 1 aromatic carbocycles. The van der Waals surface area contributed by atoms with Crippen LogP contribution >= 0.6 is 0 Å². The molecule has 124 valence electrons. The normalized spacial score (nSPS) is 29.5. The molecule has 4 rings (SSSR count). The Kier molecular flexibility index (Phi) is 3.88. The summed E-state index contributed by atoms with van der Waals surface area (Å²) in [5.74, 6) is 1.30. The second-order valence-electron chi connectivity index (χ2n) is 7.37. The monoisotopic (exact) mass is 317 g/mol. The highest BCUT2D eigenvalue weighted by molar-refractivity contribution is 5.88. The van der Waals surface area contributed by atoms with Crippen LogP contribution in [0.15, 0.2) is 24.3 Å². The van der Waals surface area contributed by atoms with Crippen molar-refractivity contribution in [1.29, 1.82) is 0 Å².